The number of thiophene rings is 1. The van der Waals surface area contributed by atoms with Crippen molar-refractivity contribution in [2.75, 3.05) is 4.90 Å². The fourth-order valence-electron chi connectivity index (χ4n) is 3.85. The highest BCUT2D eigenvalue weighted by Crippen LogP contribution is 2.45. The molecule has 1 unspecified atom stereocenters. The summed E-state index contributed by atoms with van der Waals surface area (Å²) in [6.45, 7) is 7.75. The molecule has 1 atom stereocenters. The van der Waals surface area contributed by atoms with Gasteiger partial charge in [0.2, 0.25) is 0 Å². The first-order valence-corrected chi connectivity index (χ1v) is 10.7. The summed E-state index contributed by atoms with van der Waals surface area (Å²) in [5, 5.41) is 13.2. The quantitative estimate of drug-likeness (QED) is 0.342. The molecule has 0 saturated carbocycles. The van der Waals surface area contributed by atoms with E-state index in [4.69, 9.17) is 0 Å². The van der Waals surface area contributed by atoms with Crippen LogP contribution >= 0.6 is 11.3 Å². The van der Waals surface area contributed by atoms with Crippen LogP contribution < -0.4 is 4.90 Å². The van der Waals surface area contributed by atoms with Gasteiger partial charge in [0.1, 0.15) is 11.8 Å². The van der Waals surface area contributed by atoms with E-state index in [-0.39, 0.29) is 11.3 Å². The smallest absolute Gasteiger partial charge is 0.300 e. The summed E-state index contributed by atoms with van der Waals surface area (Å²) in [6, 6.07) is 14.5. The summed E-state index contributed by atoms with van der Waals surface area (Å²) >= 11 is 1.48. The van der Waals surface area contributed by atoms with E-state index in [0.717, 1.165) is 27.1 Å². The predicted octanol–water partition coefficient (Wildman–Crippen LogP) is 5.61. The van der Waals surface area contributed by atoms with E-state index in [1.54, 1.807) is 0 Å². The Morgan fingerprint density at radius 1 is 0.900 bits per heavy atom. The number of anilines is 1. The van der Waals surface area contributed by atoms with Crippen molar-refractivity contribution in [3.8, 4) is 0 Å². The number of hydrogen-bond acceptors (Lipinski definition) is 4. The molecule has 2 aromatic carbocycles. The molecule has 0 aliphatic carbocycles. The second kappa shape index (κ2) is 7.58. The number of ketones is 1. The first kappa shape index (κ1) is 20.1. The van der Waals surface area contributed by atoms with Gasteiger partial charge in [0.15, 0.2) is 0 Å². The summed E-state index contributed by atoms with van der Waals surface area (Å²) in [5.41, 5.74) is 5.22. The zero-order chi connectivity index (χ0) is 21.6. The number of carbonyl (C=O) groups excluding carboxylic acids is 2. The largest absolute Gasteiger partial charge is 0.507 e. The van der Waals surface area contributed by atoms with E-state index in [2.05, 4.69) is 0 Å². The monoisotopic (exact) mass is 417 g/mol. The number of nitrogens with zero attached hydrogens (tertiary/aromatic N) is 1. The Kier molecular flexibility index (Phi) is 5.08. The first-order chi connectivity index (χ1) is 14.3. The van der Waals surface area contributed by atoms with Gasteiger partial charge in [0.25, 0.3) is 11.7 Å². The standard InChI is InChI=1S/C25H23NO3S/c1-14-6-9-18(10-7-14)26-21(24-17(4)11-12-30-24)20(23(28)25(26)29)22(27)19-13-15(2)5-8-16(19)3/h5-13,21,27H,1-4H3/b22-20+. The Bertz CT molecular complexity index is 1190. The van der Waals surface area contributed by atoms with Gasteiger partial charge in [0.05, 0.1) is 5.57 Å². The predicted molar refractivity (Wildman–Crippen MR) is 121 cm³/mol. The molecule has 30 heavy (non-hydrogen) atoms. The van der Waals surface area contributed by atoms with E-state index in [1.807, 2.05) is 81.6 Å². The third-order valence-corrected chi connectivity index (χ3v) is 6.63. The molecule has 1 aromatic heterocycles. The SMILES string of the molecule is Cc1ccc(N2C(=O)C(=O)/C(=C(/O)c3cc(C)ccc3C)C2c2sccc2C)cc1. The molecule has 1 fully saturated rings. The lowest BCUT2D eigenvalue weighted by atomic mass is 9.95. The molecule has 4 rings (SSSR count). The van der Waals surface area contributed by atoms with Crippen molar-refractivity contribution < 1.29 is 14.7 Å². The molecule has 1 amide bonds. The highest BCUT2D eigenvalue weighted by Gasteiger charge is 2.48. The first-order valence-electron chi connectivity index (χ1n) is 9.79. The highest BCUT2D eigenvalue weighted by molar-refractivity contribution is 7.10. The lowest BCUT2D eigenvalue weighted by Crippen LogP contribution is -2.29. The molecule has 1 N–H and O–H groups in total. The van der Waals surface area contributed by atoms with Gasteiger partial charge >= 0.3 is 0 Å². The van der Waals surface area contributed by atoms with Gasteiger partial charge < -0.3 is 5.11 Å². The Labute approximate surface area is 180 Å². The van der Waals surface area contributed by atoms with Gasteiger partial charge in [-0.15, -0.1) is 11.3 Å². The van der Waals surface area contributed by atoms with Gasteiger partial charge in [-0.3, -0.25) is 14.5 Å². The normalized spacial score (nSPS) is 18.3. The summed E-state index contributed by atoms with van der Waals surface area (Å²) in [7, 11) is 0. The van der Waals surface area contributed by atoms with Gasteiger partial charge in [0, 0.05) is 16.1 Å². The molecule has 4 nitrogen and oxygen atoms in total. The van der Waals surface area contributed by atoms with Gasteiger partial charge in [-0.05, 0) is 68.5 Å². The summed E-state index contributed by atoms with van der Waals surface area (Å²) in [5.74, 6) is -1.41. The number of carbonyl (C=O) groups is 2. The molecular formula is C25H23NO3S. The minimum Gasteiger partial charge on any atom is -0.507 e. The van der Waals surface area contributed by atoms with Crippen molar-refractivity contribution >= 4 is 34.5 Å². The summed E-state index contributed by atoms with van der Waals surface area (Å²) in [4.78, 5) is 28.7. The van der Waals surface area contributed by atoms with Crippen molar-refractivity contribution in [3.63, 3.8) is 0 Å². The van der Waals surface area contributed by atoms with Crippen molar-refractivity contribution in [3.05, 3.63) is 92.2 Å². The van der Waals surface area contributed by atoms with Gasteiger partial charge in [-0.1, -0.05) is 35.4 Å². The number of benzene rings is 2. The number of aryl methyl sites for hydroxylation is 4. The van der Waals surface area contributed by atoms with Crippen LogP contribution in [-0.2, 0) is 9.59 Å². The van der Waals surface area contributed by atoms with Crippen LogP contribution in [0.25, 0.3) is 5.76 Å². The van der Waals surface area contributed by atoms with Crippen LogP contribution in [0.1, 0.15) is 38.7 Å². The zero-order valence-electron chi connectivity index (χ0n) is 17.4. The van der Waals surface area contributed by atoms with E-state index < -0.39 is 17.7 Å². The molecule has 2 heterocycles. The minimum atomic E-state index is -0.660. The van der Waals surface area contributed by atoms with Crippen molar-refractivity contribution in [2.24, 2.45) is 0 Å². The van der Waals surface area contributed by atoms with E-state index in [9.17, 15) is 14.7 Å². The second-order valence-electron chi connectivity index (χ2n) is 7.79. The summed E-state index contributed by atoms with van der Waals surface area (Å²) < 4.78 is 0. The average molecular weight is 418 g/mol. The number of aliphatic hydroxyl groups excluding tert-OH is 1. The molecule has 1 saturated heterocycles. The minimum absolute atomic E-state index is 0.123. The van der Waals surface area contributed by atoms with Crippen LogP contribution in [0.15, 0.2) is 59.5 Å². The molecule has 0 radical (unpaired) electrons. The van der Waals surface area contributed by atoms with Crippen LogP contribution in [0.3, 0.4) is 0 Å². The lowest BCUT2D eigenvalue weighted by molar-refractivity contribution is -0.132. The maximum atomic E-state index is 13.2. The lowest BCUT2D eigenvalue weighted by Gasteiger charge is -2.25. The second-order valence-corrected chi connectivity index (χ2v) is 8.74. The van der Waals surface area contributed by atoms with E-state index in [0.29, 0.717) is 11.3 Å². The average Bonchev–Trinajstić information content (AvgIpc) is 3.25. The van der Waals surface area contributed by atoms with Crippen molar-refractivity contribution in [1.29, 1.82) is 0 Å². The molecule has 152 valence electrons. The van der Waals surface area contributed by atoms with Crippen LogP contribution in [-0.4, -0.2) is 16.8 Å². The highest BCUT2D eigenvalue weighted by atomic mass is 32.1. The van der Waals surface area contributed by atoms with E-state index in [1.165, 1.54) is 16.2 Å². The van der Waals surface area contributed by atoms with Crippen molar-refractivity contribution in [1.82, 2.24) is 0 Å². The van der Waals surface area contributed by atoms with Crippen LogP contribution in [0.5, 0.6) is 0 Å². The Morgan fingerprint density at radius 3 is 2.20 bits per heavy atom. The molecule has 3 aromatic rings. The molecular weight excluding hydrogens is 394 g/mol. The molecule has 0 spiro atoms. The zero-order valence-corrected chi connectivity index (χ0v) is 18.2. The number of rotatable bonds is 3. The maximum absolute atomic E-state index is 13.2. The topological polar surface area (TPSA) is 57.6 Å². The maximum Gasteiger partial charge on any atom is 0.300 e. The van der Waals surface area contributed by atoms with Crippen LogP contribution in [0, 0.1) is 27.7 Å². The van der Waals surface area contributed by atoms with Crippen LogP contribution in [0.2, 0.25) is 0 Å². The third-order valence-electron chi connectivity index (χ3n) is 5.55. The Morgan fingerprint density at radius 2 is 1.57 bits per heavy atom. The molecule has 5 heteroatoms. The fraction of sp³-hybridized carbons (Fsp3) is 0.200. The third kappa shape index (κ3) is 3.25. The molecule has 0 bridgehead atoms. The number of aliphatic hydroxyl groups is 1. The Balaban J connectivity index is 1.98. The molecule has 1 aliphatic heterocycles. The van der Waals surface area contributed by atoms with Gasteiger partial charge in [-0.25, -0.2) is 0 Å². The number of hydrogen-bond donors (Lipinski definition) is 1. The van der Waals surface area contributed by atoms with Crippen LogP contribution in [0.4, 0.5) is 5.69 Å². The van der Waals surface area contributed by atoms with Gasteiger partial charge in [-0.2, -0.15) is 0 Å². The number of Topliss-reactive ketones (excluding diaryl/α,β-unsaturated/α-hetero) is 1. The fourth-order valence-corrected chi connectivity index (χ4v) is 4.88. The molecule has 1 aliphatic rings. The Hall–Kier alpha value is -3.18. The van der Waals surface area contributed by atoms with Crippen molar-refractivity contribution in [2.45, 2.75) is 33.7 Å². The number of amides is 1. The summed E-state index contributed by atoms with van der Waals surface area (Å²) in [6.07, 6.45) is 0. The van der Waals surface area contributed by atoms with E-state index >= 15 is 0 Å².